The average Bonchev–Trinajstić information content (AvgIpc) is 2.36. The summed E-state index contributed by atoms with van der Waals surface area (Å²) in [6, 6.07) is 6.56. The van der Waals surface area contributed by atoms with Crippen LogP contribution in [0.5, 0.6) is 5.75 Å². The van der Waals surface area contributed by atoms with Crippen molar-refractivity contribution in [3.05, 3.63) is 24.3 Å². The van der Waals surface area contributed by atoms with Crippen molar-refractivity contribution < 1.29 is 13.2 Å². The zero-order valence-corrected chi connectivity index (χ0v) is 11.2. The molecule has 0 fully saturated rings. The van der Waals surface area contributed by atoms with Gasteiger partial charge in [-0.2, -0.15) is 0 Å². The first-order valence-electron chi connectivity index (χ1n) is 5.38. The Balaban J connectivity index is 3.13. The molecular formula is C11H17N3O3S. The fourth-order valence-electron chi connectivity index (χ4n) is 1.41. The normalized spacial score (nSPS) is 11.0. The summed E-state index contributed by atoms with van der Waals surface area (Å²) in [5, 5.41) is 7.25. The van der Waals surface area contributed by atoms with E-state index < -0.39 is 10.0 Å². The van der Waals surface area contributed by atoms with Gasteiger partial charge in [0.05, 0.1) is 25.1 Å². The lowest BCUT2D eigenvalue weighted by molar-refractivity contribution is 0.415. The first-order chi connectivity index (χ1) is 8.40. The van der Waals surface area contributed by atoms with Gasteiger partial charge in [-0.1, -0.05) is 0 Å². The number of nitrogens with one attached hydrogen (secondary N) is 1. The first-order valence-corrected chi connectivity index (χ1v) is 6.99. The predicted molar refractivity (Wildman–Crippen MR) is 71.7 cm³/mol. The Morgan fingerprint density at radius 1 is 1.39 bits per heavy atom. The molecule has 0 bridgehead atoms. The molecule has 0 aliphatic carbocycles. The van der Waals surface area contributed by atoms with E-state index in [9.17, 15) is 8.42 Å². The summed E-state index contributed by atoms with van der Waals surface area (Å²) in [6.45, 7) is 1.40. The molecule has 1 rings (SSSR count). The lowest BCUT2D eigenvalue weighted by Crippen LogP contribution is -2.39. The van der Waals surface area contributed by atoms with Crippen LogP contribution in [0, 0.1) is 5.41 Å². The van der Waals surface area contributed by atoms with E-state index in [1.54, 1.807) is 31.2 Å². The number of nitrogens with zero attached hydrogens (tertiary/aromatic N) is 1. The maximum absolute atomic E-state index is 11.9. The third-order valence-corrected chi connectivity index (χ3v) is 4.12. The van der Waals surface area contributed by atoms with Crippen LogP contribution in [0.25, 0.3) is 0 Å². The molecule has 0 amide bonds. The molecule has 3 N–H and O–H groups in total. The van der Waals surface area contributed by atoms with Crippen LogP contribution in [-0.4, -0.2) is 33.7 Å². The van der Waals surface area contributed by atoms with Crippen molar-refractivity contribution >= 4 is 21.5 Å². The van der Waals surface area contributed by atoms with Crippen LogP contribution >= 0.6 is 0 Å². The van der Waals surface area contributed by atoms with Gasteiger partial charge in [-0.25, -0.2) is 8.42 Å². The highest BCUT2D eigenvalue weighted by atomic mass is 32.2. The highest BCUT2D eigenvalue weighted by Crippen LogP contribution is 2.21. The Hall–Kier alpha value is -1.76. The second-order valence-electron chi connectivity index (χ2n) is 3.63. The van der Waals surface area contributed by atoms with Gasteiger partial charge in [0.1, 0.15) is 11.6 Å². The number of rotatable bonds is 6. The second-order valence-corrected chi connectivity index (χ2v) is 5.81. The van der Waals surface area contributed by atoms with Crippen molar-refractivity contribution in [2.45, 2.75) is 6.92 Å². The van der Waals surface area contributed by atoms with Gasteiger partial charge in [0.15, 0.2) is 0 Å². The first kappa shape index (κ1) is 14.3. The maximum atomic E-state index is 11.9. The molecule has 0 aliphatic heterocycles. The van der Waals surface area contributed by atoms with E-state index in [2.05, 4.69) is 0 Å². The largest absolute Gasteiger partial charge is 0.497 e. The molecule has 0 spiro atoms. The summed E-state index contributed by atoms with van der Waals surface area (Å²) < 4.78 is 30.0. The topological polar surface area (TPSA) is 96.5 Å². The van der Waals surface area contributed by atoms with E-state index >= 15 is 0 Å². The van der Waals surface area contributed by atoms with Crippen molar-refractivity contribution in [1.29, 1.82) is 5.41 Å². The molecule has 6 nitrogen and oxygen atoms in total. The summed E-state index contributed by atoms with van der Waals surface area (Å²) in [4.78, 5) is 0. The number of nitrogens with two attached hydrogens (primary N) is 1. The van der Waals surface area contributed by atoms with E-state index in [1.165, 1.54) is 7.11 Å². The number of methoxy groups -OCH3 is 1. The minimum atomic E-state index is -3.46. The molecule has 100 valence electrons. The van der Waals surface area contributed by atoms with Crippen molar-refractivity contribution in [2.24, 2.45) is 5.73 Å². The lowest BCUT2D eigenvalue weighted by atomic mass is 10.3. The van der Waals surface area contributed by atoms with Gasteiger partial charge in [-0.3, -0.25) is 9.71 Å². The van der Waals surface area contributed by atoms with Gasteiger partial charge >= 0.3 is 0 Å². The van der Waals surface area contributed by atoms with Crippen LogP contribution in [0.15, 0.2) is 24.3 Å². The van der Waals surface area contributed by atoms with E-state index in [1.807, 2.05) is 0 Å². The van der Waals surface area contributed by atoms with Gasteiger partial charge < -0.3 is 10.5 Å². The molecule has 1 aromatic rings. The predicted octanol–water partition coefficient (Wildman–Crippen LogP) is 0.787. The Kier molecular flexibility index (Phi) is 4.55. The Bertz CT molecular complexity index is 511. The molecule has 1 aromatic carbocycles. The van der Waals surface area contributed by atoms with Crippen LogP contribution < -0.4 is 14.8 Å². The zero-order valence-electron chi connectivity index (χ0n) is 10.4. The Morgan fingerprint density at radius 2 is 1.94 bits per heavy atom. The van der Waals surface area contributed by atoms with Crippen LogP contribution in [0.4, 0.5) is 5.69 Å². The Labute approximate surface area is 107 Å². The van der Waals surface area contributed by atoms with Crippen molar-refractivity contribution in [1.82, 2.24) is 0 Å². The SMILES string of the molecule is CCS(=O)(=O)N(CC(=N)N)c1ccc(OC)cc1. The van der Waals surface area contributed by atoms with E-state index in [4.69, 9.17) is 15.9 Å². The number of ether oxygens (including phenoxy) is 1. The highest BCUT2D eigenvalue weighted by molar-refractivity contribution is 7.92. The van der Waals surface area contributed by atoms with Gasteiger partial charge in [-0.05, 0) is 31.2 Å². The maximum Gasteiger partial charge on any atom is 0.235 e. The van der Waals surface area contributed by atoms with E-state index in [-0.39, 0.29) is 18.1 Å². The summed E-state index contributed by atoms with van der Waals surface area (Å²) in [7, 11) is -1.92. The van der Waals surface area contributed by atoms with Gasteiger partial charge in [0.2, 0.25) is 10.0 Å². The van der Waals surface area contributed by atoms with Gasteiger partial charge in [-0.15, -0.1) is 0 Å². The number of hydrogen-bond donors (Lipinski definition) is 2. The molecule has 0 aromatic heterocycles. The van der Waals surface area contributed by atoms with Crippen LogP contribution in [-0.2, 0) is 10.0 Å². The molecule has 0 saturated heterocycles. The van der Waals surface area contributed by atoms with Crippen LogP contribution in [0.2, 0.25) is 0 Å². The number of hydrogen-bond acceptors (Lipinski definition) is 4. The molecule has 0 unspecified atom stereocenters. The van der Waals surface area contributed by atoms with Crippen molar-refractivity contribution in [3.63, 3.8) is 0 Å². The van der Waals surface area contributed by atoms with E-state index in [0.717, 1.165) is 4.31 Å². The molecule has 18 heavy (non-hydrogen) atoms. The quantitative estimate of drug-likeness (QED) is 0.590. The second kappa shape index (κ2) is 5.72. The zero-order chi connectivity index (χ0) is 13.8. The smallest absolute Gasteiger partial charge is 0.235 e. The standard InChI is InChI=1S/C11H17N3O3S/c1-3-18(15,16)14(8-11(12)13)9-4-6-10(17-2)7-5-9/h4-7H,3,8H2,1-2H3,(H3,12,13). The number of benzene rings is 1. The molecule has 7 heteroatoms. The highest BCUT2D eigenvalue weighted by Gasteiger charge is 2.21. The van der Waals surface area contributed by atoms with Gasteiger partial charge in [0.25, 0.3) is 0 Å². The summed E-state index contributed by atoms with van der Waals surface area (Å²) in [6.07, 6.45) is 0. The molecule has 0 atom stereocenters. The monoisotopic (exact) mass is 271 g/mol. The fourth-order valence-corrected chi connectivity index (χ4v) is 2.50. The van der Waals surface area contributed by atoms with Crippen molar-refractivity contribution in [3.8, 4) is 5.75 Å². The summed E-state index contributed by atoms with van der Waals surface area (Å²) in [5.74, 6) is 0.380. The molecule has 0 radical (unpaired) electrons. The fraction of sp³-hybridized carbons (Fsp3) is 0.364. The van der Waals surface area contributed by atoms with Crippen LogP contribution in [0.3, 0.4) is 0 Å². The van der Waals surface area contributed by atoms with E-state index in [0.29, 0.717) is 11.4 Å². The van der Waals surface area contributed by atoms with Gasteiger partial charge in [0, 0.05) is 0 Å². The molecule has 0 heterocycles. The summed E-state index contributed by atoms with van der Waals surface area (Å²) in [5.41, 5.74) is 5.76. The average molecular weight is 271 g/mol. The van der Waals surface area contributed by atoms with Crippen molar-refractivity contribution in [2.75, 3.05) is 23.7 Å². The minimum Gasteiger partial charge on any atom is -0.497 e. The summed E-state index contributed by atoms with van der Waals surface area (Å²) >= 11 is 0. The number of amidine groups is 1. The Morgan fingerprint density at radius 3 is 2.33 bits per heavy atom. The molecular weight excluding hydrogens is 254 g/mol. The minimum absolute atomic E-state index is 0.0493. The third kappa shape index (κ3) is 3.36. The molecule has 0 aliphatic rings. The number of anilines is 1. The molecule has 0 saturated carbocycles. The lowest BCUT2D eigenvalue weighted by Gasteiger charge is -2.23. The third-order valence-electron chi connectivity index (χ3n) is 2.37. The van der Waals surface area contributed by atoms with Crippen LogP contribution in [0.1, 0.15) is 6.92 Å². The number of sulfonamides is 1.